The molecule has 0 radical (unpaired) electrons. The molecule has 0 aliphatic rings. The average Bonchev–Trinajstić information content (AvgIpc) is 2.65. The number of nitrogens with one attached hydrogen (secondary N) is 1. The van der Waals surface area contributed by atoms with E-state index in [4.69, 9.17) is 9.47 Å². The number of allylic oxidation sites excluding steroid dienone is 1. The van der Waals surface area contributed by atoms with E-state index in [1.165, 1.54) is 0 Å². The van der Waals surface area contributed by atoms with Gasteiger partial charge in [-0.15, -0.1) is 0 Å². The van der Waals surface area contributed by atoms with E-state index in [0.717, 1.165) is 5.56 Å². The van der Waals surface area contributed by atoms with Gasteiger partial charge < -0.3 is 14.5 Å². The molecule has 6 heteroatoms. The summed E-state index contributed by atoms with van der Waals surface area (Å²) in [5, 5.41) is 9.98. The van der Waals surface area contributed by atoms with E-state index in [2.05, 4.69) is 16.0 Å². The predicted molar refractivity (Wildman–Crippen MR) is 95.4 cm³/mol. The highest BCUT2D eigenvalue weighted by molar-refractivity contribution is 5.89. The molecule has 0 fully saturated rings. The van der Waals surface area contributed by atoms with Crippen LogP contribution < -0.4 is 15.0 Å². The third kappa shape index (κ3) is 3.21. The fourth-order valence-corrected chi connectivity index (χ4v) is 2.48. The second-order valence-electron chi connectivity index (χ2n) is 5.22. The highest BCUT2D eigenvalue weighted by atomic mass is 16.5. The quantitative estimate of drug-likeness (QED) is 0.742. The molecule has 1 heterocycles. The SMILES string of the molecule is COc1ccc(/C=C(\C#N)c2nc3ccccc3c(=O)[nH]2)cc1OC. The van der Waals surface area contributed by atoms with E-state index in [-0.39, 0.29) is 17.0 Å². The van der Waals surface area contributed by atoms with Crippen LogP contribution in [-0.2, 0) is 0 Å². The van der Waals surface area contributed by atoms with Gasteiger partial charge >= 0.3 is 0 Å². The van der Waals surface area contributed by atoms with Gasteiger partial charge in [0.25, 0.3) is 5.56 Å². The third-order valence-electron chi connectivity index (χ3n) is 3.71. The zero-order valence-electron chi connectivity index (χ0n) is 13.7. The molecule has 0 aliphatic heterocycles. The fourth-order valence-electron chi connectivity index (χ4n) is 2.48. The van der Waals surface area contributed by atoms with Crippen molar-refractivity contribution in [1.82, 2.24) is 9.97 Å². The first-order chi connectivity index (χ1) is 12.2. The summed E-state index contributed by atoms with van der Waals surface area (Å²) in [4.78, 5) is 19.2. The molecule has 6 nitrogen and oxygen atoms in total. The number of nitriles is 1. The maximum atomic E-state index is 12.2. The van der Waals surface area contributed by atoms with Gasteiger partial charge in [0.2, 0.25) is 0 Å². The summed E-state index contributed by atoms with van der Waals surface area (Å²) in [7, 11) is 3.09. The molecule has 0 spiro atoms. The van der Waals surface area contributed by atoms with E-state index < -0.39 is 0 Å². The minimum absolute atomic E-state index is 0.223. The van der Waals surface area contributed by atoms with Gasteiger partial charge in [-0.2, -0.15) is 5.26 Å². The Morgan fingerprint density at radius 3 is 2.64 bits per heavy atom. The monoisotopic (exact) mass is 333 g/mol. The summed E-state index contributed by atoms with van der Waals surface area (Å²) in [6.45, 7) is 0. The normalized spacial score (nSPS) is 11.2. The number of hydrogen-bond acceptors (Lipinski definition) is 5. The lowest BCUT2D eigenvalue weighted by atomic mass is 10.1. The van der Waals surface area contributed by atoms with Crippen molar-refractivity contribution < 1.29 is 9.47 Å². The standard InChI is InChI=1S/C19H15N3O3/c1-24-16-8-7-12(10-17(16)25-2)9-13(11-20)18-21-15-6-4-3-5-14(15)19(23)22-18/h3-10H,1-2H3,(H,21,22,23)/b13-9+. The maximum Gasteiger partial charge on any atom is 0.259 e. The zero-order valence-corrected chi connectivity index (χ0v) is 13.7. The van der Waals surface area contributed by atoms with Gasteiger partial charge in [-0.1, -0.05) is 18.2 Å². The largest absolute Gasteiger partial charge is 0.493 e. The molecule has 3 aromatic rings. The van der Waals surface area contributed by atoms with E-state index in [1.807, 2.05) is 0 Å². The lowest BCUT2D eigenvalue weighted by Gasteiger charge is -2.08. The lowest BCUT2D eigenvalue weighted by Crippen LogP contribution is -2.11. The molecule has 0 unspecified atom stereocenters. The number of aromatic amines is 1. The molecule has 25 heavy (non-hydrogen) atoms. The van der Waals surface area contributed by atoms with Crippen LogP contribution in [0, 0.1) is 11.3 Å². The van der Waals surface area contributed by atoms with Crippen LogP contribution in [-0.4, -0.2) is 24.2 Å². The van der Waals surface area contributed by atoms with Gasteiger partial charge in [0.15, 0.2) is 17.3 Å². The fraction of sp³-hybridized carbons (Fsp3) is 0.105. The van der Waals surface area contributed by atoms with Crippen molar-refractivity contribution in [3.8, 4) is 17.6 Å². The zero-order chi connectivity index (χ0) is 17.8. The summed E-state index contributed by atoms with van der Waals surface area (Å²) in [5.74, 6) is 1.37. The molecule has 0 atom stereocenters. The maximum absolute atomic E-state index is 12.2. The third-order valence-corrected chi connectivity index (χ3v) is 3.71. The van der Waals surface area contributed by atoms with Crippen molar-refractivity contribution in [2.45, 2.75) is 0 Å². The Bertz CT molecular complexity index is 1060. The molecule has 0 saturated carbocycles. The second-order valence-corrected chi connectivity index (χ2v) is 5.22. The van der Waals surface area contributed by atoms with Crippen molar-refractivity contribution in [3.05, 3.63) is 64.2 Å². The molecule has 1 aromatic heterocycles. The summed E-state index contributed by atoms with van der Waals surface area (Å²) in [5.41, 5.74) is 1.23. The topological polar surface area (TPSA) is 88.0 Å². The minimum Gasteiger partial charge on any atom is -0.493 e. The summed E-state index contributed by atoms with van der Waals surface area (Å²) < 4.78 is 10.5. The highest BCUT2D eigenvalue weighted by Gasteiger charge is 2.09. The van der Waals surface area contributed by atoms with Crippen LogP contribution in [0.1, 0.15) is 11.4 Å². The Labute approximate surface area is 144 Å². The number of hydrogen-bond donors (Lipinski definition) is 1. The van der Waals surface area contributed by atoms with Crippen LogP contribution in [0.5, 0.6) is 11.5 Å². The van der Waals surface area contributed by atoms with Crippen LogP contribution in [0.2, 0.25) is 0 Å². The van der Waals surface area contributed by atoms with Crippen LogP contribution in [0.4, 0.5) is 0 Å². The molecule has 0 amide bonds. The smallest absolute Gasteiger partial charge is 0.259 e. The Hall–Kier alpha value is -3.59. The number of rotatable bonds is 4. The molecule has 0 aliphatic carbocycles. The van der Waals surface area contributed by atoms with Gasteiger partial charge in [-0.3, -0.25) is 4.79 Å². The lowest BCUT2D eigenvalue weighted by molar-refractivity contribution is 0.355. The number of para-hydroxylation sites is 1. The molecule has 3 rings (SSSR count). The Kier molecular flexibility index (Phi) is 4.48. The summed E-state index contributed by atoms with van der Waals surface area (Å²) >= 11 is 0. The molecule has 124 valence electrons. The predicted octanol–water partition coefficient (Wildman–Crippen LogP) is 3.00. The number of fused-ring (bicyclic) bond motifs is 1. The number of H-pyrrole nitrogens is 1. The van der Waals surface area contributed by atoms with Gasteiger partial charge in [-0.25, -0.2) is 4.98 Å². The van der Waals surface area contributed by atoms with Crippen molar-refractivity contribution in [3.63, 3.8) is 0 Å². The number of benzene rings is 2. The first kappa shape index (κ1) is 16.3. The average molecular weight is 333 g/mol. The van der Waals surface area contributed by atoms with Gasteiger partial charge in [0, 0.05) is 0 Å². The van der Waals surface area contributed by atoms with E-state index in [1.54, 1.807) is 62.8 Å². The van der Waals surface area contributed by atoms with Crippen molar-refractivity contribution in [2.24, 2.45) is 0 Å². The second kappa shape index (κ2) is 6.89. The van der Waals surface area contributed by atoms with Gasteiger partial charge in [-0.05, 0) is 35.9 Å². The Balaban J connectivity index is 2.10. The van der Waals surface area contributed by atoms with Crippen LogP contribution in [0.3, 0.4) is 0 Å². The number of ether oxygens (including phenoxy) is 2. The van der Waals surface area contributed by atoms with Gasteiger partial charge in [0.05, 0.1) is 30.7 Å². The Morgan fingerprint density at radius 2 is 1.92 bits per heavy atom. The number of nitrogens with zero attached hydrogens (tertiary/aromatic N) is 2. The van der Waals surface area contributed by atoms with E-state index >= 15 is 0 Å². The molecule has 0 saturated heterocycles. The Morgan fingerprint density at radius 1 is 1.16 bits per heavy atom. The molecule has 1 N–H and O–H groups in total. The van der Waals surface area contributed by atoms with E-state index in [0.29, 0.717) is 22.4 Å². The summed E-state index contributed by atoms with van der Waals surface area (Å²) in [6, 6.07) is 14.3. The number of methoxy groups -OCH3 is 2. The highest BCUT2D eigenvalue weighted by Crippen LogP contribution is 2.29. The number of aromatic nitrogens is 2. The first-order valence-corrected chi connectivity index (χ1v) is 7.49. The van der Waals surface area contributed by atoms with Crippen molar-refractivity contribution in [1.29, 1.82) is 5.26 Å². The van der Waals surface area contributed by atoms with Crippen LogP contribution in [0.25, 0.3) is 22.6 Å². The molecule has 2 aromatic carbocycles. The van der Waals surface area contributed by atoms with Crippen molar-refractivity contribution >= 4 is 22.6 Å². The molecular formula is C19H15N3O3. The van der Waals surface area contributed by atoms with Crippen LogP contribution >= 0.6 is 0 Å². The van der Waals surface area contributed by atoms with Crippen LogP contribution in [0.15, 0.2) is 47.3 Å². The van der Waals surface area contributed by atoms with Crippen molar-refractivity contribution in [2.75, 3.05) is 14.2 Å². The molecule has 0 bridgehead atoms. The van der Waals surface area contributed by atoms with E-state index in [9.17, 15) is 10.1 Å². The van der Waals surface area contributed by atoms with Gasteiger partial charge in [0.1, 0.15) is 6.07 Å². The summed E-state index contributed by atoms with van der Waals surface area (Å²) in [6.07, 6.45) is 1.63. The minimum atomic E-state index is -0.283. The molecular weight excluding hydrogens is 318 g/mol. The first-order valence-electron chi connectivity index (χ1n) is 7.49.